The van der Waals surface area contributed by atoms with E-state index in [9.17, 15) is 0 Å². The number of allylic oxidation sites excluding steroid dienone is 1. The van der Waals surface area contributed by atoms with Crippen molar-refractivity contribution in [1.82, 2.24) is 0 Å². The first-order chi connectivity index (χ1) is 19.0. The van der Waals surface area contributed by atoms with Crippen molar-refractivity contribution in [2.24, 2.45) is 0 Å². The molecule has 0 fully saturated rings. The zero-order valence-corrected chi connectivity index (χ0v) is 23.2. The molecule has 0 spiro atoms. The summed E-state index contributed by atoms with van der Waals surface area (Å²) >= 11 is 0. The second-order valence-corrected chi connectivity index (χ2v) is 10.1. The molecule has 0 radical (unpaired) electrons. The normalized spacial score (nSPS) is 11.4. The molecule has 0 aliphatic rings. The van der Waals surface area contributed by atoms with E-state index in [2.05, 4.69) is 172 Å². The van der Waals surface area contributed by atoms with Crippen LogP contribution in [0.15, 0.2) is 121 Å². The van der Waals surface area contributed by atoms with Crippen LogP contribution in [-0.2, 0) is 0 Å². The van der Waals surface area contributed by atoms with Gasteiger partial charge < -0.3 is 4.90 Å². The molecule has 0 aliphatic carbocycles. The molecule has 0 N–H and O–H groups in total. The highest BCUT2D eigenvalue weighted by molar-refractivity contribution is 5.80. The van der Waals surface area contributed by atoms with Crippen LogP contribution < -0.4 is 4.90 Å². The highest BCUT2D eigenvalue weighted by atomic mass is 15.1. The number of anilines is 3. The standard InChI is InChI=1S/C38H35N/c1-5-9-32-22-24-37(26-29(32)3)39(36-10-7-6-8-11-36)38-25-23-33(30(4)27-38)19-14-31-15-20-35(21-16-31)34-17-12-28(2)13-18-34/h5-27H,1-4H3. The molecule has 5 rings (SSSR count). The van der Waals surface area contributed by atoms with E-state index in [1.165, 1.54) is 44.5 Å². The molecule has 1 heteroatoms. The first kappa shape index (κ1) is 26.0. The lowest BCUT2D eigenvalue weighted by Crippen LogP contribution is -2.10. The minimum atomic E-state index is 1.15. The fraction of sp³-hybridized carbons (Fsp3) is 0.105. The Labute approximate surface area is 233 Å². The minimum Gasteiger partial charge on any atom is -0.310 e. The molecule has 0 saturated carbocycles. The molecule has 1 nitrogen and oxygen atoms in total. The van der Waals surface area contributed by atoms with E-state index in [1.807, 2.05) is 0 Å². The van der Waals surface area contributed by atoms with Crippen molar-refractivity contribution in [1.29, 1.82) is 0 Å². The Hall–Kier alpha value is -4.62. The van der Waals surface area contributed by atoms with Gasteiger partial charge in [-0.3, -0.25) is 0 Å². The van der Waals surface area contributed by atoms with E-state index >= 15 is 0 Å². The SMILES string of the molecule is CC=Cc1ccc(N(c2ccccc2)c2ccc(C=Cc3ccc(-c4ccc(C)cc4)cc3)c(C)c2)cc1C. The van der Waals surface area contributed by atoms with Crippen LogP contribution in [0, 0.1) is 20.8 Å². The zero-order valence-electron chi connectivity index (χ0n) is 23.2. The topological polar surface area (TPSA) is 3.24 Å². The van der Waals surface area contributed by atoms with Crippen molar-refractivity contribution in [3.63, 3.8) is 0 Å². The number of nitrogens with zero attached hydrogens (tertiary/aromatic N) is 1. The molecule has 0 saturated heterocycles. The monoisotopic (exact) mass is 505 g/mol. The lowest BCUT2D eigenvalue weighted by molar-refractivity contribution is 1.25. The Morgan fingerprint density at radius 2 is 1.03 bits per heavy atom. The van der Waals surface area contributed by atoms with Crippen LogP contribution >= 0.6 is 0 Å². The van der Waals surface area contributed by atoms with Crippen LogP contribution in [0.4, 0.5) is 17.1 Å². The Morgan fingerprint density at radius 3 is 1.56 bits per heavy atom. The summed E-state index contributed by atoms with van der Waals surface area (Å²) < 4.78 is 0. The van der Waals surface area contributed by atoms with Crippen LogP contribution in [0.3, 0.4) is 0 Å². The van der Waals surface area contributed by atoms with Gasteiger partial charge in [-0.1, -0.05) is 109 Å². The fourth-order valence-corrected chi connectivity index (χ4v) is 4.89. The smallest absolute Gasteiger partial charge is 0.0464 e. The summed E-state index contributed by atoms with van der Waals surface area (Å²) in [4.78, 5) is 2.33. The van der Waals surface area contributed by atoms with Crippen molar-refractivity contribution in [2.45, 2.75) is 27.7 Å². The van der Waals surface area contributed by atoms with Crippen LogP contribution in [0.5, 0.6) is 0 Å². The average molecular weight is 506 g/mol. The predicted molar refractivity (Wildman–Crippen MR) is 171 cm³/mol. The highest BCUT2D eigenvalue weighted by Crippen LogP contribution is 2.36. The maximum absolute atomic E-state index is 2.33. The quantitative estimate of drug-likeness (QED) is 0.199. The van der Waals surface area contributed by atoms with Gasteiger partial charge in [-0.05, 0) is 103 Å². The summed E-state index contributed by atoms with van der Waals surface area (Å²) in [7, 11) is 0. The van der Waals surface area contributed by atoms with E-state index in [-0.39, 0.29) is 0 Å². The number of benzene rings is 5. The molecule has 0 unspecified atom stereocenters. The third kappa shape index (κ3) is 6.10. The molecular weight excluding hydrogens is 470 g/mol. The first-order valence-electron chi connectivity index (χ1n) is 13.6. The van der Waals surface area contributed by atoms with Gasteiger partial charge in [0.25, 0.3) is 0 Å². The van der Waals surface area contributed by atoms with Crippen LogP contribution in [0.2, 0.25) is 0 Å². The fourth-order valence-electron chi connectivity index (χ4n) is 4.89. The molecule has 5 aromatic carbocycles. The van der Waals surface area contributed by atoms with Crippen molar-refractivity contribution in [2.75, 3.05) is 4.90 Å². The van der Waals surface area contributed by atoms with E-state index in [1.54, 1.807) is 0 Å². The summed E-state index contributed by atoms with van der Waals surface area (Å²) in [6, 6.07) is 41.4. The van der Waals surface area contributed by atoms with Crippen molar-refractivity contribution >= 4 is 35.3 Å². The van der Waals surface area contributed by atoms with Gasteiger partial charge in [0, 0.05) is 17.1 Å². The largest absolute Gasteiger partial charge is 0.310 e. The summed E-state index contributed by atoms with van der Waals surface area (Å²) in [6.07, 6.45) is 8.65. The summed E-state index contributed by atoms with van der Waals surface area (Å²) in [6.45, 7) is 8.54. The lowest BCUT2D eigenvalue weighted by Gasteiger charge is -2.26. The summed E-state index contributed by atoms with van der Waals surface area (Å²) in [5.41, 5.74) is 13.4. The van der Waals surface area contributed by atoms with Crippen molar-refractivity contribution in [3.8, 4) is 11.1 Å². The predicted octanol–water partition coefficient (Wildman–Crippen LogP) is 11.0. The van der Waals surface area contributed by atoms with Gasteiger partial charge in [0.05, 0.1) is 0 Å². The Kier molecular flexibility index (Phi) is 7.89. The van der Waals surface area contributed by atoms with Gasteiger partial charge in [-0.15, -0.1) is 0 Å². The number of para-hydroxylation sites is 1. The Balaban J connectivity index is 1.42. The first-order valence-corrected chi connectivity index (χ1v) is 13.6. The van der Waals surface area contributed by atoms with Gasteiger partial charge in [0.15, 0.2) is 0 Å². The van der Waals surface area contributed by atoms with E-state index in [4.69, 9.17) is 0 Å². The van der Waals surface area contributed by atoms with Gasteiger partial charge >= 0.3 is 0 Å². The summed E-state index contributed by atoms with van der Waals surface area (Å²) in [5, 5.41) is 0. The van der Waals surface area contributed by atoms with Crippen molar-refractivity contribution < 1.29 is 0 Å². The van der Waals surface area contributed by atoms with E-state index < -0.39 is 0 Å². The van der Waals surface area contributed by atoms with Crippen LogP contribution in [-0.4, -0.2) is 0 Å². The minimum absolute atomic E-state index is 1.15. The number of hydrogen-bond acceptors (Lipinski definition) is 1. The maximum atomic E-state index is 2.33. The van der Waals surface area contributed by atoms with E-state index in [0.29, 0.717) is 0 Å². The van der Waals surface area contributed by atoms with Crippen LogP contribution in [0.25, 0.3) is 29.4 Å². The number of hydrogen-bond donors (Lipinski definition) is 0. The molecule has 192 valence electrons. The molecule has 0 bridgehead atoms. The average Bonchev–Trinajstić information content (AvgIpc) is 2.96. The second-order valence-electron chi connectivity index (χ2n) is 10.1. The Bertz CT molecular complexity index is 1600. The molecule has 5 aromatic rings. The number of rotatable bonds is 7. The molecule has 0 heterocycles. The lowest BCUT2D eigenvalue weighted by atomic mass is 10.0. The molecule has 0 aromatic heterocycles. The second kappa shape index (κ2) is 11.8. The van der Waals surface area contributed by atoms with Gasteiger partial charge in [0.2, 0.25) is 0 Å². The summed E-state index contributed by atoms with van der Waals surface area (Å²) in [5.74, 6) is 0. The third-order valence-electron chi connectivity index (χ3n) is 7.13. The third-order valence-corrected chi connectivity index (χ3v) is 7.13. The van der Waals surface area contributed by atoms with Crippen LogP contribution in [0.1, 0.15) is 40.3 Å². The Morgan fingerprint density at radius 1 is 0.487 bits per heavy atom. The van der Waals surface area contributed by atoms with Crippen molar-refractivity contribution in [3.05, 3.63) is 155 Å². The molecular formula is C38H35N. The molecule has 39 heavy (non-hydrogen) atoms. The van der Waals surface area contributed by atoms with E-state index in [0.717, 1.165) is 17.1 Å². The maximum Gasteiger partial charge on any atom is 0.0464 e. The highest BCUT2D eigenvalue weighted by Gasteiger charge is 2.14. The van der Waals surface area contributed by atoms with Gasteiger partial charge in [-0.2, -0.15) is 0 Å². The number of aryl methyl sites for hydroxylation is 3. The van der Waals surface area contributed by atoms with Gasteiger partial charge in [0.1, 0.15) is 0 Å². The van der Waals surface area contributed by atoms with Gasteiger partial charge in [-0.25, -0.2) is 0 Å². The molecule has 0 atom stereocenters. The zero-order chi connectivity index (χ0) is 27.2. The molecule has 0 aliphatic heterocycles. The molecule has 0 amide bonds.